The van der Waals surface area contributed by atoms with Crippen LogP contribution in [-0.2, 0) is 16.6 Å². The number of sulfonamides is 1. The van der Waals surface area contributed by atoms with Gasteiger partial charge in [-0.15, -0.1) is 13.2 Å². The van der Waals surface area contributed by atoms with Crippen molar-refractivity contribution in [3.63, 3.8) is 0 Å². The molecule has 154 valence electrons. The van der Waals surface area contributed by atoms with Crippen molar-refractivity contribution in [2.24, 2.45) is 0 Å². The normalized spacial score (nSPS) is 11.8. The molecule has 2 aromatic carbocycles. The first kappa shape index (κ1) is 21.6. The maximum atomic E-state index is 12.5. The fraction of sp³-hybridized carbons (Fsp3) is 0.294. The molecule has 0 saturated carbocycles. The van der Waals surface area contributed by atoms with Gasteiger partial charge in [0, 0.05) is 18.2 Å². The molecule has 0 amide bonds. The first-order valence-corrected chi connectivity index (χ1v) is 9.23. The summed E-state index contributed by atoms with van der Waals surface area (Å²) < 4.78 is 84.2. The molecule has 11 heteroatoms. The summed E-state index contributed by atoms with van der Waals surface area (Å²) in [5.74, 6) is 0.176. The number of halogens is 3. The van der Waals surface area contributed by atoms with Gasteiger partial charge in [0.05, 0.1) is 21.3 Å². The average Bonchev–Trinajstić information content (AvgIpc) is 2.64. The van der Waals surface area contributed by atoms with Crippen molar-refractivity contribution in [1.82, 2.24) is 4.72 Å². The van der Waals surface area contributed by atoms with E-state index in [4.69, 9.17) is 14.2 Å². The van der Waals surface area contributed by atoms with Crippen LogP contribution >= 0.6 is 0 Å². The molecular formula is C17H18F3NO6S. The molecule has 2 aromatic rings. The maximum Gasteiger partial charge on any atom is 0.573 e. The van der Waals surface area contributed by atoms with E-state index in [1.165, 1.54) is 45.6 Å². The van der Waals surface area contributed by atoms with Crippen molar-refractivity contribution in [3.8, 4) is 23.0 Å². The Kier molecular flexibility index (Phi) is 6.62. The summed E-state index contributed by atoms with van der Waals surface area (Å²) in [4.78, 5) is -0.647. The minimum Gasteiger partial charge on any atom is -0.496 e. The van der Waals surface area contributed by atoms with Gasteiger partial charge in [-0.05, 0) is 18.2 Å². The number of alkyl halides is 3. The summed E-state index contributed by atoms with van der Waals surface area (Å²) >= 11 is 0. The summed E-state index contributed by atoms with van der Waals surface area (Å²) in [5.41, 5.74) is 0.387. The van der Waals surface area contributed by atoms with Gasteiger partial charge in [0.15, 0.2) is 11.5 Å². The van der Waals surface area contributed by atoms with E-state index >= 15 is 0 Å². The van der Waals surface area contributed by atoms with Gasteiger partial charge in [-0.1, -0.05) is 12.1 Å². The van der Waals surface area contributed by atoms with Crippen LogP contribution in [0.2, 0.25) is 0 Å². The fourth-order valence-corrected chi connectivity index (χ4v) is 3.50. The second-order valence-corrected chi connectivity index (χ2v) is 7.07. The molecule has 0 aliphatic carbocycles. The minimum atomic E-state index is -5.03. The van der Waals surface area contributed by atoms with Gasteiger partial charge in [-0.3, -0.25) is 0 Å². The number of rotatable bonds is 8. The van der Waals surface area contributed by atoms with Crippen molar-refractivity contribution in [3.05, 3.63) is 42.0 Å². The number of para-hydroxylation sites is 1. The summed E-state index contributed by atoms with van der Waals surface area (Å²) in [7, 11) is -0.110. The molecule has 0 aromatic heterocycles. The quantitative estimate of drug-likeness (QED) is 0.705. The molecule has 0 radical (unpaired) electrons. The van der Waals surface area contributed by atoms with Gasteiger partial charge < -0.3 is 18.9 Å². The molecule has 0 saturated heterocycles. The Bertz CT molecular complexity index is 931. The van der Waals surface area contributed by atoms with E-state index in [1.807, 2.05) is 0 Å². The predicted octanol–water partition coefficient (Wildman–Crippen LogP) is 3.09. The highest BCUT2D eigenvalue weighted by molar-refractivity contribution is 7.89. The zero-order valence-electron chi connectivity index (χ0n) is 15.2. The van der Waals surface area contributed by atoms with Gasteiger partial charge in [-0.2, -0.15) is 0 Å². The van der Waals surface area contributed by atoms with Crippen molar-refractivity contribution >= 4 is 10.0 Å². The average molecular weight is 421 g/mol. The van der Waals surface area contributed by atoms with E-state index in [9.17, 15) is 21.6 Å². The van der Waals surface area contributed by atoms with Crippen LogP contribution in [0.1, 0.15) is 5.56 Å². The van der Waals surface area contributed by atoms with Crippen LogP contribution in [0.4, 0.5) is 13.2 Å². The lowest BCUT2D eigenvalue weighted by molar-refractivity contribution is -0.275. The van der Waals surface area contributed by atoms with Crippen LogP contribution < -0.4 is 23.7 Å². The first-order valence-electron chi connectivity index (χ1n) is 7.74. The molecule has 7 nitrogen and oxygen atoms in total. The highest BCUT2D eigenvalue weighted by Gasteiger charge is 2.34. The van der Waals surface area contributed by atoms with E-state index in [0.29, 0.717) is 22.8 Å². The van der Waals surface area contributed by atoms with Gasteiger partial charge in [0.25, 0.3) is 0 Å². The van der Waals surface area contributed by atoms with Gasteiger partial charge >= 0.3 is 6.36 Å². The Morgan fingerprint density at radius 2 is 1.46 bits per heavy atom. The van der Waals surface area contributed by atoms with E-state index in [2.05, 4.69) is 9.46 Å². The monoisotopic (exact) mass is 421 g/mol. The number of nitrogens with one attached hydrogen (secondary N) is 1. The molecule has 0 aliphatic rings. The van der Waals surface area contributed by atoms with E-state index < -0.39 is 27.0 Å². The Balaban J connectivity index is 2.32. The van der Waals surface area contributed by atoms with E-state index in [0.717, 1.165) is 12.1 Å². The summed E-state index contributed by atoms with van der Waals surface area (Å²) in [6.07, 6.45) is -5.03. The zero-order valence-corrected chi connectivity index (χ0v) is 16.0. The van der Waals surface area contributed by atoms with Gasteiger partial charge in [0.2, 0.25) is 10.0 Å². The second-order valence-electron chi connectivity index (χ2n) is 5.34. The molecule has 0 heterocycles. The highest BCUT2D eigenvalue weighted by atomic mass is 32.2. The Hall–Kier alpha value is -2.66. The van der Waals surface area contributed by atoms with Crippen molar-refractivity contribution in [1.29, 1.82) is 0 Å². The Morgan fingerprint density at radius 3 is 2.04 bits per heavy atom. The molecule has 0 unspecified atom stereocenters. The van der Waals surface area contributed by atoms with E-state index in [-0.39, 0.29) is 6.54 Å². The molecule has 0 aliphatic heterocycles. The molecule has 0 spiro atoms. The summed E-state index contributed by atoms with van der Waals surface area (Å²) in [5, 5.41) is 0. The van der Waals surface area contributed by atoms with Crippen LogP contribution in [-0.4, -0.2) is 36.1 Å². The van der Waals surface area contributed by atoms with Crippen molar-refractivity contribution in [2.45, 2.75) is 17.8 Å². The smallest absolute Gasteiger partial charge is 0.496 e. The predicted molar refractivity (Wildman–Crippen MR) is 93.2 cm³/mol. The number of methoxy groups -OCH3 is 3. The number of benzene rings is 2. The lowest BCUT2D eigenvalue weighted by atomic mass is 10.1. The molecule has 0 fully saturated rings. The maximum absolute atomic E-state index is 12.5. The van der Waals surface area contributed by atoms with E-state index in [1.54, 1.807) is 0 Å². The largest absolute Gasteiger partial charge is 0.573 e. The lowest BCUT2D eigenvalue weighted by Gasteiger charge is -2.16. The van der Waals surface area contributed by atoms with Crippen LogP contribution in [0.5, 0.6) is 23.0 Å². The number of ether oxygens (including phenoxy) is 4. The van der Waals surface area contributed by atoms with Crippen LogP contribution in [0.25, 0.3) is 0 Å². The highest BCUT2D eigenvalue weighted by Crippen LogP contribution is 2.35. The Morgan fingerprint density at radius 1 is 0.893 bits per heavy atom. The molecule has 0 atom stereocenters. The first-order chi connectivity index (χ1) is 13.1. The minimum absolute atomic E-state index is 0.272. The van der Waals surface area contributed by atoms with Crippen LogP contribution in [0.15, 0.2) is 41.3 Å². The van der Waals surface area contributed by atoms with Crippen molar-refractivity contribution in [2.75, 3.05) is 21.3 Å². The third-order valence-electron chi connectivity index (χ3n) is 3.60. The number of hydrogen-bond acceptors (Lipinski definition) is 6. The lowest BCUT2D eigenvalue weighted by Crippen LogP contribution is -2.26. The molecule has 2 rings (SSSR count). The molecular weight excluding hydrogens is 403 g/mol. The molecule has 28 heavy (non-hydrogen) atoms. The summed E-state index contributed by atoms with van der Waals surface area (Å²) in [6.45, 7) is -0.272. The standard InChI is InChI=1S/C17H18F3NO6S/c1-24-13-9-15(26-3)14(25-2)8-11(13)10-21-28(22,23)16-7-5-4-6-12(16)27-17(18,19)20/h4-9,21H,10H2,1-3H3. The number of hydrogen-bond donors (Lipinski definition) is 1. The van der Waals surface area contributed by atoms with Gasteiger partial charge in [0.1, 0.15) is 16.4 Å². The third kappa shape index (κ3) is 5.20. The zero-order chi connectivity index (χ0) is 20.9. The van der Waals surface area contributed by atoms with Gasteiger partial charge in [-0.25, -0.2) is 13.1 Å². The van der Waals surface area contributed by atoms with Crippen LogP contribution in [0.3, 0.4) is 0 Å². The van der Waals surface area contributed by atoms with Crippen molar-refractivity contribution < 1.29 is 40.5 Å². The second kappa shape index (κ2) is 8.57. The topological polar surface area (TPSA) is 83.1 Å². The molecule has 0 bridgehead atoms. The fourth-order valence-electron chi connectivity index (χ4n) is 2.36. The Labute approximate surface area is 160 Å². The molecule has 1 N–H and O–H groups in total. The SMILES string of the molecule is COc1cc(OC)c(OC)cc1CNS(=O)(=O)c1ccccc1OC(F)(F)F. The summed E-state index contributed by atoms with van der Waals surface area (Å²) in [6, 6.07) is 7.45. The third-order valence-corrected chi connectivity index (χ3v) is 5.04. The van der Waals surface area contributed by atoms with Crippen LogP contribution in [0, 0.1) is 0 Å².